The summed E-state index contributed by atoms with van der Waals surface area (Å²) in [6, 6.07) is 10.6. The molecule has 2 fully saturated rings. The number of H-pyrrole nitrogens is 1. The topological polar surface area (TPSA) is 118 Å². The van der Waals surface area contributed by atoms with E-state index in [0.717, 1.165) is 42.1 Å². The summed E-state index contributed by atoms with van der Waals surface area (Å²) in [5.74, 6) is 0.239. The molecule has 0 radical (unpaired) electrons. The quantitative estimate of drug-likeness (QED) is 0.176. The summed E-state index contributed by atoms with van der Waals surface area (Å²) in [5.41, 5.74) is 2.99. The van der Waals surface area contributed by atoms with Gasteiger partial charge in [0.1, 0.15) is 17.1 Å². The number of aromatic hydroxyl groups is 1. The monoisotopic (exact) mass is 668 g/mol. The van der Waals surface area contributed by atoms with E-state index in [1.807, 2.05) is 23.1 Å². The fraction of sp³-hybridized carbons (Fsp3) is 0.471. The molecule has 4 heterocycles. The van der Waals surface area contributed by atoms with Gasteiger partial charge in [-0.1, -0.05) is 49.4 Å². The molecule has 9 nitrogen and oxygen atoms in total. The molecule has 0 bridgehead atoms. The van der Waals surface area contributed by atoms with Crippen LogP contribution in [0.4, 0.5) is 4.39 Å². The number of nitrogens with one attached hydrogen (secondary N) is 2. The van der Waals surface area contributed by atoms with Crippen LogP contribution in [0.3, 0.4) is 0 Å². The molecule has 1 atom stereocenters. The lowest BCUT2D eigenvalue weighted by Gasteiger charge is -2.47. The van der Waals surface area contributed by atoms with Gasteiger partial charge < -0.3 is 30.2 Å². The van der Waals surface area contributed by atoms with Gasteiger partial charge in [-0.2, -0.15) is 0 Å². The van der Waals surface area contributed by atoms with E-state index >= 15 is 4.39 Å². The van der Waals surface area contributed by atoms with Crippen LogP contribution in [-0.4, -0.2) is 82.4 Å². The van der Waals surface area contributed by atoms with E-state index in [-0.39, 0.29) is 34.5 Å². The molecule has 1 spiro atoms. The molecule has 2 aromatic heterocycles. The van der Waals surface area contributed by atoms with Crippen LogP contribution in [0.5, 0.6) is 5.75 Å². The van der Waals surface area contributed by atoms with E-state index in [1.54, 1.807) is 12.1 Å². The van der Waals surface area contributed by atoms with Gasteiger partial charge in [-0.3, -0.25) is 14.5 Å². The largest absolute Gasteiger partial charge is 0.506 e. The van der Waals surface area contributed by atoms with Crippen LogP contribution in [0, 0.1) is 5.82 Å². The minimum Gasteiger partial charge on any atom is -0.506 e. The number of hydrogen-bond acceptors (Lipinski definition) is 9. The summed E-state index contributed by atoms with van der Waals surface area (Å²) in [6.45, 7) is 8.71. The molecule has 46 heavy (non-hydrogen) atoms. The molecule has 12 heteroatoms. The van der Waals surface area contributed by atoms with Gasteiger partial charge in [0.25, 0.3) is 5.91 Å². The summed E-state index contributed by atoms with van der Waals surface area (Å²) in [7, 11) is 0. The van der Waals surface area contributed by atoms with E-state index in [1.165, 1.54) is 23.0 Å². The van der Waals surface area contributed by atoms with Crippen LogP contribution in [0.1, 0.15) is 70.6 Å². The standard InChI is InChI=1S/C34H41FN4O5S2/c1-21(2)24-16-28(45-19-24)32(42)39-14-15-44-34(20-39)9-12-38(13-10-34)18-23-5-3-4-22(29(23)35)8-11-36-17-27(41)25-6-7-26(40)30-31(25)46-33(43)37-30/h3-7,16,19,21,27,36,40-41H,8-15,17-18,20H2,1-2H3,(H,37,43)/t27-/m0/s1. The number of thiophene rings is 1. The van der Waals surface area contributed by atoms with Crippen molar-refractivity contribution in [2.24, 2.45) is 0 Å². The van der Waals surface area contributed by atoms with E-state index in [9.17, 15) is 19.8 Å². The van der Waals surface area contributed by atoms with Crippen molar-refractivity contribution in [1.82, 2.24) is 20.1 Å². The van der Waals surface area contributed by atoms with Crippen LogP contribution < -0.4 is 10.2 Å². The first-order valence-electron chi connectivity index (χ1n) is 15.9. The second-order valence-corrected chi connectivity index (χ2v) is 14.6. The Bertz CT molecular complexity index is 1740. The number of aliphatic hydroxyl groups is 1. The number of likely N-dealkylation sites (tertiary alicyclic amines) is 1. The van der Waals surface area contributed by atoms with Crippen molar-refractivity contribution in [1.29, 1.82) is 0 Å². The van der Waals surface area contributed by atoms with Crippen molar-refractivity contribution >= 4 is 38.8 Å². The van der Waals surface area contributed by atoms with Gasteiger partial charge in [-0.25, -0.2) is 4.39 Å². The number of amides is 1. The maximum absolute atomic E-state index is 15.6. The van der Waals surface area contributed by atoms with Crippen LogP contribution in [-0.2, 0) is 17.7 Å². The molecule has 2 aliphatic heterocycles. The first kappa shape index (κ1) is 32.8. The van der Waals surface area contributed by atoms with Crippen LogP contribution in [0.25, 0.3) is 10.2 Å². The number of aromatic nitrogens is 1. The average molecular weight is 669 g/mol. The Morgan fingerprint density at radius 2 is 1.96 bits per heavy atom. The zero-order valence-corrected chi connectivity index (χ0v) is 27.8. The number of halogens is 1. The number of nitrogens with zero attached hydrogens (tertiary/aromatic N) is 2. The zero-order valence-electron chi connectivity index (χ0n) is 26.2. The molecule has 0 aliphatic carbocycles. The SMILES string of the molecule is CC(C)c1csc(C(=O)N2CCOC3(CCN(Cc4cccc(CCNC[C@H](O)c5ccc(O)c6[nH]c(=O)sc56)c4F)CC3)C2)c1. The smallest absolute Gasteiger partial charge is 0.305 e. The lowest BCUT2D eigenvalue weighted by Crippen LogP contribution is -2.57. The summed E-state index contributed by atoms with van der Waals surface area (Å²) in [4.78, 5) is 32.4. The molecule has 0 saturated carbocycles. The third-order valence-corrected chi connectivity index (χ3v) is 11.1. The van der Waals surface area contributed by atoms with Crippen LogP contribution >= 0.6 is 22.7 Å². The van der Waals surface area contributed by atoms with Crippen molar-refractivity contribution in [3.63, 3.8) is 0 Å². The molecular weight excluding hydrogens is 628 g/mol. The van der Waals surface area contributed by atoms with E-state index in [0.29, 0.717) is 72.0 Å². The molecule has 2 aliphatic rings. The van der Waals surface area contributed by atoms with Gasteiger partial charge >= 0.3 is 4.87 Å². The Morgan fingerprint density at radius 3 is 2.72 bits per heavy atom. The number of carbonyl (C=O) groups excluding carboxylic acids is 1. The first-order valence-corrected chi connectivity index (χ1v) is 17.6. The van der Waals surface area contributed by atoms with Crippen molar-refractivity contribution < 1.29 is 24.1 Å². The van der Waals surface area contributed by atoms with Gasteiger partial charge in [0.2, 0.25) is 0 Å². The maximum Gasteiger partial charge on any atom is 0.305 e. The molecule has 6 rings (SSSR count). The Kier molecular flexibility index (Phi) is 9.93. The van der Waals surface area contributed by atoms with Crippen molar-refractivity contribution in [3.8, 4) is 5.75 Å². The van der Waals surface area contributed by atoms with Gasteiger partial charge in [0.15, 0.2) is 0 Å². The highest BCUT2D eigenvalue weighted by molar-refractivity contribution is 7.16. The van der Waals surface area contributed by atoms with Crippen molar-refractivity contribution in [2.45, 2.75) is 57.3 Å². The lowest BCUT2D eigenvalue weighted by atomic mass is 9.89. The van der Waals surface area contributed by atoms with Crippen LogP contribution in [0.15, 0.2) is 46.6 Å². The highest BCUT2D eigenvalue weighted by Crippen LogP contribution is 2.33. The average Bonchev–Trinajstić information content (AvgIpc) is 3.70. The Labute approximate surface area is 275 Å². The number of fused-ring (bicyclic) bond motifs is 1. The predicted octanol–water partition coefficient (Wildman–Crippen LogP) is 4.99. The van der Waals surface area contributed by atoms with Gasteiger partial charge in [0, 0.05) is 43.9 Å². The minimum atomic E-state index is -0.889. The summed E-state index contributed by atoms with van der Waals surface area (Å²) in [6.07, 6.45) is 1.15. The fourth-order valence-electron chi connectivity index (χ4n) is 6.42. The van der Waals surface area contributed by atoms with E-state index in [4.69, 9.17) is 4.74 Å². The Balaban J connectivity index is 0.992. The second kappa shape index (κ2) is 13.9. The lowest BCUT2D eigenvalue weighted by molar-refractivity contribution is -0.127. The molecule has 4 N–H and O–H groups in total. The highest BCUT2D eigenvalue weighted by atomic mass is 32.1. The van der Waals surface area contributed by atoms with E-state index < -0.39 is 6.10 Å². The maximum atomic E-state index is 15.6. The van der Waals surface area contributed by atoms with Crippen molar-refractivity contribution in [2.75, 3.05) is 45.9 Å². The number of ether oxygens (including phenoxy) is 1. The van der Waals surface area contributed by atoms with Gasteiger partial charge in [0.05, 0.1) is 34.4 Å². The Hall–Kier alpha value is -3.13. The fourth-order valence-corrected chi connectivity index (χ4v) is 8.38. The Morgan fingerprint density at radius 1 is 1.17 bits per heavy atom. The van der Waals surface area contributed by atoms with Crippen LogP contribution in [0.2, 0.25) is 0 Å². The summed E-state index contributed by atoms with van der Waals surface area (Å²) in [5, 5.41) is 26.0. The summed E-state index contributed by atoms with van der Waals surface area (Å²) >= 11 is 2.47. The number of morpholine rings is 1. The molecule has 2 saturated heterocycles. The molecule has 1 amide bonds. The first-order chi connectivity index (χ1) is 22.1. The minimum absolute atomic E-state index is 0.0351. The number of carbonyl (C=O) groups is 1. The number of aromatic amines is 1. The molecule has 246 valence electrons. The second-order valence-electron chi connectivity index (χ2n) is 12.7. The highest BCUT2D eigenvalue weighted by Gasteiger charge is 2.41. The number of aliphatic hydroxyl groups excluding tert-OH is 1. The van der Waals surface area contributed by atoms with Gasteiger partial charge in [-0.15, -0.1) is 11.3 Å². The van der Waals surface area contributed by atoms with E-state index in [2.05, 4.69) is 34.4 Å². The number of phenolic OH excluding ortho intramolecular Hbond substituents is 1. The number of hydrogen-bond donors (Lipinski definition) is 4. The number of piperidine rings is 1. The number of thiazole rings is 1. The van der Waals surface area contributed by atoms with Gasteiger partial charge in [-0.05, 0) is 60.4 Å². The zero-order chi connectivity index (χ0) is 32.4. The molecule has 2 aromatic carbocycles. The number of benzene rings is 2. The van der Waals surface area contributed by atoms with Crippen molar-refractivity contribution in [3.05, 3.63) is 84.4 Å². The summed E-state index contributed by atoms with van der Waals surface area (Å²) < 4.78 is 22.4. The third kappa shape index (κ3) is 7.07. The molecular formula is C34H41FN4O5S2. The molecule has 4 aromatic rings. The molecule has 0 unspecified atom stereocenters. The number of phenols is 1. The third-order valence-electron chi connectivity index (χ3n) is 9.21. The number of rotatable bonds is 10. The normalized spacial score (nSPS) is 17.7. The predicted molar refractivity (Wildman–Crippen MR) is 180 cm³/mol.